The quantitative estimate of drug-likeness (QED) is 0.283. The second kappa shape index (κ2) is 5.79. The molecule has 0 aromatic heterocycles. The normalized spacial score (nSPS) is 11.6. The van der Waals surface area contributed by atoms with E-state index in [1.807, 2.05) is 0 Å². The lowest BCUT2D eigenvalue weighted by atomic mass is 10.2. The highest BCUT2D eigenvalue weighted by Gasteiger charge is 2.21. The van der Waals surface area contributed by atoms with Gasteiger partial charge in [-0.05, 0) is 44.8 Å². The van der Waals surface area contributed by atoms with Crippen LogP contribution in [0.15, 0.2) is 20.0 Å². The minimum absolute atomic E-state index is 0.0330. The van der Waals surface area contributed by atoms with Crippen molar-refractivity contribution in [1.29, 1.82) is 0 Å². The molecule has 8 heteroatoms. The topological polar surface area (TPSA) is 81.5 Å². The van der Waals surface area contributed by atoms with E-state index in [0.29, 0.717) is 15.7 Å². The minimum atomic E-state index is -0.470. The highest BCUT2D eigenvalue weighted by atomic mass is 79.9. The average molecular weight is 385 g/mol. The van der Waals surface area contributed by atoms with E-state index in [-0.39, 0.29) is 21.9 Å². The maximum atomic E-state index is 10.9. The molecule has 1 aromatic rings. The second-order valence-corrected chi connectivity index (χ2v) is 5.09. The molecule has 5 nitrogen and oxygen atoms in total. The van der Waals surface area contributed by atoms with Crippen LogP contribution >= 0.6 is 43.5 Å². The first kappa shape index (κ1) is 14.4. The van der Waals surface area contributed by atoms with Crippen LogP contribution in [-0.2, 0) is 0 Å². The predicted molar refractivity (Wildman–Crippen MR) is 75.2 cm³/mol. The molecule has 92 valence electrons. The third kappa shape index (κ3) is 3.17. The Hall–Kier alpha value is -0.660. The van der Waals surface area contributed by atoms with Crippen LogP contribution in [-0.4, -0.2) is 16.6 Å². The van der Waals surface area contributed by atoms with Gasteiger partial charge >= 0.3 is 0 Å². The zero-order chi connectivity index (χ0) is 13.2. The summed E-state index contributed by atoms with van der Waals surface area (Å²) in [6.07, 6.45) is 0. The number of amidine groups is 1. The fraction of sp³-hybridized carbons (Fsp3) is 0.222. The van der Waals surface area contributed by atoms with Crippen molar-refractivity contribution in [1.82, 2.24) is 0 Å². The molecule has 0 amide bonds. The third-order valence-electron chi connectivity index (χ3n) is 1.93. The van der Waals surface area contributed by atoms with E-state index in [1.165, 1.54) is 0 Å². The number of nitrogens with two attached hydrogens (primary N) is 1. The van der Waals surface area contributed by atoms with Crippen LogP contribution in [0, 0.1) is 17.0 Å². The van der Waals surface area contributed by atoms with E-state index in [9.17, 15) is 10.1 Å². The molecule has 0 heterocycles. The number of nitrogens with zero attached hydrogens (tertiary/aromatic N) is 2. The lowest BCUT2D eigenvalue weighted by Gasteiger charge is -2.06. The van der Waals surface area contributed by atoms with Crippen molar-refractivity contribution in [2.75, 3.05) is 5.88 Å². The van der Waals surface area contributed by atoms with Gasteiger partial charge in [0.1, 0.15) is 16.0 Å². The zero-order valence-electron chi connectivity index (χ0n) is 8.71. The number of hydrogen-bond acceptors (Lipinski definition) is 3. The van der Waals surface area contributed by atoms with E-state index >= 15 is 0 Å². The fourth-order valence-corrected chi connectivity index (χ4v) is 2.93. The molecule has 0 spiro atoms. The molecular weight excluding hydrogens is 377 g/mol. The maximum Gasteiger partial charge on any atom is 0.288 e. The van der Waals surface area contributed by atoms with Crippen molar-refractivity contribution in [3.63, 3.8) is 0 Å². The Morgan fingerprint density at radius 2 is 2.24 bits per heavy atom. The summed E-state index contributed by atoms with van der Waals surface area (Å²) in [7, 11) is 0. The van der Waals surface area contributed by atoms with Crippen LogP contribution in [0.5, 0.6) is 0 Å². The molecule has 0 atom stereocenters. The minimum Gasteiger partial charge on any atom is -0.386 e. The number of aliphatic imine (C=N–C) groups is 1. The van der Waals surface area contributed by atoms with Crippen molar-refractivity contribution in [2.45, 2.75) is 6.92 Å². The molecule has 0 saturated carbocycles. The van der Waals surface area contributed by atoms with Gasteiger partial charge in [0.05, 0.1) is 10.8 Å². The Kier molecular flexibility index (Phi) is 4.91. The number of hydrogen-bond donors (Lipinski definition) is 1. The van der Waals surface area contributed by atoms with Gasteiger partial charge in [-0.3, -0.25) is 10.1 Å². The molecule has 1 aromatic carbocycles. The summed E-state index contributed by atoms with van der Waals surface area (Å²) >= 11 is 12.0. The number of nitro groups is 1. The van der Waals surface area contributed by atoms with Gasteiger partial charge in [0, 0.05) is 10.0 Å². The number of halogens is 3. The Balaban J connectivity index is 3.52. The molecular formula is C9H8Br2ClN3O2. The van der Waals surface area contributed by atoms with Crippen LogP contribution in [0.3, 0.4) is 0 Å². The maximum absolute atomic E-state index is 10.9. The Labute approximate surface area is 119 Å². The predicted octanol–water partition coefficient (Wildman–Crippen LogP) is 3.66. The smallest absolute Gasteiger partial charge is 0.288 e. The largest absolute Gasteiger partial charge is 0.386 e. The SMILES string of the molecule is Cc1cc(Br)c(N=C(N)CCl)c(Br)c1[N+](=O)[O-]. The van der Waals surface area contributed by atoms with Crippen molar-refractivity contribution < 1.29 is 4.92 Å². The van der Waals surface area contributed by atoms with E-state index in [0.717, 1.165) is 0 Å². The van der Waals surface area contributed by atoms with Crippen molar-refractivity contribution in [3.8, 4) is 0 Å². The number of alkyl halides is 1. The summed E-state index contributed by atoms with van der Waals surface area (Å²) in [5.74, 6) is 0.242. The standard InChI is InChI=1S/C9H8Br2ClN3O2/c1-4-2-5(10)8(14-6(13)3-12)7(11)9(4)15(16)17/h2H,3H2,1H3,(H2,13,14). The van der Waals surface area contributed by atoms with Crippen molar-refractivity contribution >= 4 is 60.7 Å². The first-order valence-corrected chi connectivity index (χ1v) is 6.52. The number of nitro benzene ring substituents is 1. The van der Waals surface area contributed by atoms with Crippen LogP contribution in [0.1, 0.15) is 5.56 Å². The van der Waals surface area contributed by atoms with Crippen LogP contribution < -0.4 is 5.73 Å². The van der Waals surface area contributed by atoms with Gasteiger partial charge in [-0.25, -0.2) is 4.99 Å². The number of benzene rings is 1. The molecule has 0 aliphatic rings. The van der Waals surface area contributed by atoms with Crippen molar-refractivity contribution in [2.24, 2.45) is 10.7 Å². The van der Waals surface area contributed by atoms with Gasteiger partial charge in [0.25, 0.3) is 5.69 Å². The van der Waals surface area contributed by atoms with E-state index in [4.69, 9.17) is 17.3 Å². The molecule has 0 aliphatic heterocycles. The molecule has 0 fully saturated rings. The molecule has 2 N–H and O–H groups in total. The highest BCUT2D eigenvalue weighted by molar-refractivity contribution is 9.11. The summed E-state index contributed by atoms with van der Waals surface area (Å²) in [6, 6.07) is 1.61. The van der Waals surface area contributed by atoms with E-state index in [1.54, 1.807) is 13.0 Å². The first-order valence-electron chi connectivity index (χ1n) is 4.40. The monoisotopic (exact) mass is 383 g/mol. The van der Waals surface area contributed by atoms with Gasteiger partial charge in [-0.1, -0.05) is 0 Å². The molecule has 0 aliphatic carbocycles. The van der Waals surface area contributed by atoms with Gasteiger partial charge in [-0.15, -0.1) is 11.6 Å². The van der Waals surface area contributed by atoms with Crippen LogP contribution in [0.25, 0.3) is 0 Å². The van der Waals surface area contributed by atoms with Gasteiger partial charge in [-0.2, -0.15) is 0 Å². The highest BCUT2D eigenvalue weighted by Crippen LogP contribution is 2.42. The molecule has 0 unspecified atom stereocenters. The lowest BCUT2D eigenvalue weighted by molar-refractivity contribution is -0.386. The molecule has 1 rings (SSSR count). The molecule has 17 heavy (non-hydrogen) atoms. The van der Waals surface area contributed by atoms with E-state index in [2.05, 4.69) is 36.9 Å². The summed E-state index contributed by atoms with van der Waals surface area (Å²) in [5.41, 5.74) is 6.37. The Morgan fingerprint density at radius 1 is 1.65 bits per heavy atom. The molecule has 0 radical (unpaired) electrons. The van der Waals surface area contributed by atoms with Crippen molar-refractivity contribution in [3.05, 3.63) is 30.7 Å². The van der Waals surface area contributed by atoms with Gasteiger partial charge in [0.15, 0.2) is 0 Å². The van der Waals surface area contributed by atoms with Crippen LogP contribution in [0.2, 0.25) is 0 Å². The molecule has 0 saturated heterocycles. The summed E-state index contributed by atoms with van der Waals surface area (Å²) in [5, 5.41) is 10.9. The third-order valence-corrected chi connectivity index (χ3v) is 3.56. The summed E-state index contributed by atoms with van der Waals surface area (Å²) in [4.78, 5) is 14.5. The van der Waals surface area contributed by atoms with E-state index < -0.39 is 4.92 Å². The summed E-state index contributed by atoms with van der Waals surface area (Å²) < 4.78 is 0.892. The zero-order valence-corrected chi connectivity index (χ0v) is 12.6. The summed E-state index contributed by atoms with van der Waals surface area (Å²) in [6.45, 7) is 1.64. The number of rotatable bonds is 3. The second-order valence-electron chi connectivity index (χ2n) is 3.18. The van der Waals surface area contributed by atoms with Gasteiger partial charge < -0.3 is 5.73 Å². The van der Waals surface area contributed by atoms with Crippen LogP contribution in [0.4, 0.5) is 11.4 Å². The molecule has 0 bridgehead atoms. The lowest BCUT2D eigenvalue weighted by Crippen LogP contribution is -2.12. The number of aryl methyl sites for hydroxylation is 1. The Bertz CT molecular complexity index is 506. The fourth-order valence-electron chi connectivity index (χ4n) is 1.22. The average Bonchev–Trinajstić information content (AvgIpc) is 2.22. The first-order chi connectivity index (χ1) is 7.88. The Morgan fingerprint density at radius 3 is 2.71 bits per heavy atom. The van der Waals surface area contributed by atoms with Gasteiger partial charge in [0.2, 0.25) is 0 Å².